The van der Waals surface area contributed by atoms with Crippen molar-refractivity contribution >= 4 is 56.1 Å². The summed E-state index contributed by atoms with van der Waals surface area (Å²) in [6, 6.07) is 25.0. The first kappa shape index (κ1) is 18.3. The second-order valence-electron chi connectivity index (χ2n) is 7.66. The van der Waals surface area contributed by atoms with Crippen molar-refractivity contribution in [3.8, 4) is 0 Å². The highest BCUT2D eigenvalue weighted by atomic mass is 14.7. The minimum absolute atomic E-state index is 0.889. The van der Waals surface area contributed by atoms with Crippen LogP contribution in [0.15, 0.2) is 108 Å². The Balaban J connectivity index is 1.53. The number of benzene rings is 4. The van der Waals surface area contributed by atoms with Gasteiger partial charge in [-0.15, -0.1) is 0 Å². The average Bonchev–Trinajstić information content (AvgIpc) is 2.86. The number of hydrogen-bond donors (Lipinski definition) is 0. The van der Waals surface area contributed by atoms with E-state index in [4.69, 9.17) is 0 Å². The van der Waals surface area contributed by atoms with Crippen molar-refractivity contribution < 1.29 is 0 Å². The molecule has 0 aliphatic heterocycles. The summed E-state index contributed by atoms with van der Waals surface area (Å²) in [5.74, 6) is 0. The van der Waals surface area contributed by atoms with Gasteiger partial charge in [0.25, 0.3) is 0 Å². The number of rotatable bonds is 4. The molecule has 4 aromatic carbocycles. The van der Waals surface area contributed by atoms with Crippen LogP contribution in [0.2, 0.25) is 0 Å². The van der Waals surface area contributed by atoms with Gasteiger partial charge >= 0.3 is 0 Å². The van der Waals surface area contributed by atoms with Gasteiger partial charge in [-0.3, -0.25) is 20.0 Å². The molecule has 0 saturated carbocycles. The van der Waals surface area contributed by atoms with Gasteiger partial charge in [0.1, 0.15) is 0 Å². The molecule has 0 amide bonds. The van der Waals surface area contributed by atoms with E-state index >= 15 is 0 Å². The van der Waals surface area contributed by atoms with Gasteiger partial charge in [0.05, 0.1) is 11.4 Å². The average molecular weight is 410 g/mol. The van der Waals surface area contributed by atoms with Gasteiger partial charge in [-0.05, 0) is 56.6 Å². The first-order valence-corrected chi connectivity index (χ1v) is 10.5. The van der Waals surface area contributed by atoms with Crippen molar-refractivity contribution in [2.75, 3.05) is 0 Å². The Morgan fingerprint density at radius 2 is 0.875 bits per heavy atom. The van der Waals surface area contributed by atoms with E-state index in [-0.39, 0.29) is 0 Å². The van der Waals surface area contributed by atoms with E-state index in [9.17, 15) is 0 Å². The number of pyridine rings is 2. The maximum absolute atomic E-state index is 4.65. The summed E-state index contributed by atoms with van der Waals surface area (Å²) in [5, 5.41) is 7.36. The lowest BCUT2D eigenvalue weighted by atomic mass is 9.90. The van der Waals surface area contributed by atoms with Gasteiger partial charge in [0.2, 0.25) is 0 Å². The van der Waals surface area contributed by atoms with Gasteiger partial charge in [-0.1, -0.05) is 48.5 Å². The highest BCUT2D eigenvalue weighted by molar-refractivity contribution is 6.27. The van der Waals surface area contributed by atoms with Crippen LogP contribution in [-0.2, 0) is 0 Å². The monoisotopic (exact) mass is 410 g/mol. The number of aliphatic imine (C=N–C) groups is 2. The Kier molecular flexibility index (Phi) is 4.40. The highest BCUT2D eigenvalue weighted by Gasteiger charge is 2.12. The van der Waals surface area contributed by atoms with Crippen molar-refractivity contribution in [1.29, 1.82) is 0 Å². The molecule has 6 aromatic rings. The fourth-order valence-electron chi connectivity index (χ4n) is 4.22. The molecule has 0 aliphatic carbocycles. The quantitative estimate of drug-likeness (QED) is 0.235. The molecule has 2 aromatic heterocycles. The van der Waals surface area contributed by atoms with Gasteiger partial charge in [0.15, 0.2) is 0 Å². The SMILES string of the molecule is C(=Nc1ccncc1)c1ccc2ccc3c(C=Nc4ccncc4)ccc4ccc1c2c43. The summed E-state index contributed by atoms with van der Waals surface area (Å²) in [5.41, 5.74) is 3.97. The van der Waals surface area contributed by atoms with Crippen LogP contribution in [-0.4, -0.2) is 22.4 Å². The molecule has 0 spiro atoms. The summed E-state index contributed by atoms with van der Waals surface area (Å²) < 4.78 is 0. The maximum atomic E-state index is 4.65. The van der Waals surface area contributed by atoms with Crippen LogP contribution in [0.3, 0.4) is 0 Å². The van der Waals surface area contributed by atoms with Crippen LogP contribution in [0, 0.1) is 0 Å². The van der Waals surface area contributed by atoms with E-state index < -0.39 is 0 Å². The first-order chi connectivity index (χ1) is 15.9. The molecule has 6 rings (SSSR count). The van der Waals surface area contributed by atoms with Gasteiger partial charge in [0, 0.05) is 48.3 Å². The Labute approximate surface area is 185 Å². The lowest BCUT2D eigenvalue weighted by Crippen LogP contribution is -1.92. The topological polar surface area (TPSA) is 50.5 Å². The van der Waals surface area contributed by atoms with Crippen molar-refractivity contribution in [2.24, 2.45) is 9.98 Å². The van der Waals surface area contributed by atoms with E-state index in [1.165, 1.54) is 32.3 Å². The van der Waals surface area contributed by atoms with E-state index in [0.29, 0.717) is 0 Å². The molecule has 0 fully saturated rings. The van der Waals surface area contributed by atoms with E-state index in [0.717, 1.165) is 22.5 Å². The van der Waals surface area contributed by atoms with Crippen molar-refractivity contribution in [3.63, 3.8) is 0 Å². The van der Waals surface area contributed by atoms with Gasteiger partial charge in [-0.25, -0.2) is 0 Å². The predicted molar refractivity (Wildman–Crippen MR) is 133 cm³/mol. The van der Waals surface area contributed by atoms with Crippen LogP contribution in [0.5, 0.6) is 0 Å². The largest absolute Gasteiger partial charge is 0.265 e. The molecule has 32 heavy (non-hydrogen) atoms. The molecule has 0 aliphatic rings. The second kappa shape index (κ2) is 7.67. The van der Waals surface area contributed by atoms with Gasteiger partial charge < -0.3 is 0 Å². The summed E-state index contributed by atoms with van der Waals surface area (Å²) >= 11 is 0. The molecular weight excluding hydrogens is 392 g/mol. The fourth-order valence-corrected chi connectivity index (χ4v) is 4.22. The molecule has 2 heterocycles. The molecule has 0 unspecified atom stereocenters. The van der Waals surface area contributed by atoms with Crippen molar-refractivity contribution in [1.82, 2.24) is 9.97 Å². The van der Waals surface area contributed by atoms with E-state index in [2.05, 4.69) is 68.5 Å². The molecule has 0 atom stereocenters. The first-order valence-electron chi connectivity index (χ1n) is 10.5. The van der Waals surface area contributed by atoms with Crippen LogP contribution < -0.4 is 0 Å². The van der Waals surface area contributed by atoms with Crippen LogP contribution >= 0.6 is 0 Å². The minimum Gasteiger partial charge on any atom is -0.265 e. The summed E-state index contributed by atoms with van der Waals surface area (Å²) in [7, 11) is 0. The second-order valence-corrected chi connectivity index (χ2v) is 7.66. The van der Waals surface area contributed by atoms with Crippen molar-refractivity contribution in [3.05, 3.63) is 109 Å². The lowest BCUT2D eigenvalue weighted by Gasteiger charge is -2.13. The van der Waals surface area contributed by atoms with E-state index in [1.54, 1.807) is 24.8 Å². The molecule has 150 valence electrons. The third-order valence-electron chi connectivity index (χ3n) is 5.76. The number of nitrogens with zero attached hydrogens (tertiary/aromatic N) is 4. The minimum atomic E-state index is 0.889. The van der Waals surface area contributed by atoms with Crippen LogP contribution in [0.25, 0.3) is 32.3 Å². The number of aromatic nitrogens is 2. The van der Waals surface area contributed by atoms with Crippen molar-refractivity contribution in [2.45, 2.75) is 0 Å². The molecule has 0 bridgehead atoms. The lowest BCUT2D eigenvalue weighted by molar-refractivity contribution is 1.32. The third kappa shape index (κ3) is 3.19. The zero-order valence-electron chi connectivity index (χ0n) is 17.2. The molecule has 4 nitrogen and oxygen atoms in total. The molecule has 0 saturated heterocycles. The summed E-state index contributed by atoms with van der Waals surface area (Å²) in [6.07, 6.45) is 10.9. The summed E-state index contributed by atoms with van der Waals surface area (Å²) in [4.78, 5) is 17.4. The Morgan fingerprint density at radius 1 is 0.469 bits per heavy atom. The fraction of sp³-hybridized carbons (Fsp3) is 0. The predicted octanol–water partition coefficient (Wildman–Crippen LogP) is 6.88. The zero-order valence-corrected chi connectivity index (χ0v) is 17.2. The number of hydrogen-bond acceptors (Lipinski definition) is 4. The Morgan fingerprint density at radius 3 is 1.31 bits per heavy atom. The molecule has 4 heteroatoms. The Bertz CT molecular complexity index is 1480. The smallest absolute Gasteiger partial charge is 0.0660 e. The zero-order chi connectivity index (χ0) is 21.3. The third-order valence-corrected chi connectivity index (χ3v) is 5.76. The van der Waals surface area contributed by atoms with Crippen LogP contribution in [0.4, 0.5) is 11.4 Å². The van der Waals surface area contributed by atoms with E-state index in [1.807, 2.05) is 36.7 Å². The van der Waals surface area contributed by atoms with Gasteiger partial charge in [-0.2, -0.15) is 0 Å². The Hall–Kier alpha value is -4.44. The van der Waals surface area contributed by atoms with Crippen LogP contribution in [0.1, 0.15) is 11.1 Å². The standard InChI is InChI=1S/C28H18N4/c1-3-21(17-31-23-9-13-29-14-10-23)25-8-6-20-2-4-22(18-32-24-11-15-30-16-12-24)26-7-5-19(1)27(25)28(20)26/h1-18H. The summed E-state index contributed by atoms with van der Waals surface area (Å²) in [6.45, 7) is 0. The highest BCUT2D eigenvalue weighted by Crippen LogP contribution is 2.37. The molecular formula is C28H18N4. The normalized spacial score (nSPS) is 12.1. The molecule has 0 N–H and O–H groups in total. The molecule has 0 radical (unpaired) electrons. The maximum Gasteiger partial charge on any atom is 0.0660 e.